The number of aromatic nitrogens is 2. The van der Waals surface area contributed by atoms with Gasteiger partial charge in [0.15, 0.2) is 0 Å². The van der Waals surface area contributed by atoms with Gasteiger partial charge in [0, 0.05) is 50.6 Å². The Morgan fingerprint density at radius 2 is 1.58 bits per heavy atom. The molecule has 0 unspecified atom stereocenters. The number of amides is 2. The Morgan fingerprint density at radius 1 is 0.917 bits per heavy atom. The summed E-state index contributed by atoms with van der Waals surface area (Å²) in [4.78, 5) is 44.2. The van der Waals surface area contributed by atoms with Crippen molar-refractivity contribution in [3.63, 3.8) is 0 Å². The maximum absolute atomic E-state index is 13.2. The van der Waals surface area contributed by atoms with Crippen LogP contribution in [-0.4, -0.2) is 78.2 Å². The fourth-order valence-corrected chi connectivity index (χ4v) is 5.25. The van der Waals surface area contributed by atoms with E-state index in [0.29, 0.717) is 55.5 Å². The molecule has 5 rings (SSSR count). The van der Waals surface area contributed by atoms with Crippen molar-refractivity contribution in [3.8, 4) is 5.75 Å². The summed E-state index contributed by atoms with van der Waals surface area (Å²) >= 11 is 0. The molecule has 2 aliphatic rings. The number of piperazine rings is 1. The van der Waals surface area contributed by atoms with E-state index in [0.717, 1.165) is 24.5 Å². The molecule has 0 aliphatic carbocycles. The molecule has 3 heterocycles. The number of carbonyl (C=O) groups excluding carboxylic acids is 2. The maximum Gasteiger partial charge on any atom is 0.272 e. The number of ether oxygens (including phenoxy) is 1. The van der Waals surface area contributed by atoms with E-state index in [4.69, 9.17) is 4.74 Å². The number of methoxy groups -OCH3 is 1. The van der Waals surface area contributed by atoms with E-state index in [1.807, 2.05) is 40.1 Å². The van der Waals surface area contributed by atoms with E-state index in [1.54, 1.807) is 19.2 Å². The van der Waals surface area contributed by atoms with Gasteiger partial charge in [-0.2, -0.15) is 5.10 Å². The molecule has 2 amide bonds. The molecule has 2 fully saturated rings. The molecule has 3 aromatic rings. The van der Waals surface area contributed by atoms with E-state index in [9.17, 15) is 14.4 Å². The molecule has 0 atom stereocenters. The molecule has 1 N–H and O–H groups in total. The molecule has 0 saturated carbocycles. The SMILES string of the molecule is COc1ccccc1N1CCN(C(=O)C2CCN(C(=O)Cc3n[nH]c(=O)c4ccccc34)CC2)CC1. The molecule has 36 heavy (non-hydrogen) atoms. The second-order valence-corrected chi connectivity index (χ2v) is 9.36. The van der Waals surface area contributed by atoms with E-state index in [1.165, 1.54) is 0 Å². The first-order chi connectivity index (χ1) is 17.5. The highest BCUT2D eigenvalue weighted by Crippen LogP contribution is 2.29. The first kappa shape index (κ1) is 23.8. The molecule has 2 aromatic carbocycles. The molecule has 0 spiro atoms. The standard InChI is InChI=1S/C27H31N5O4/c1-36-24-9-5-4-8-23(24)30-14-16-32(17-15-30)27(35)19-10-12-31(13-11-19)25(33)18-22-20-6-2-3-7-21(20)26(34)29-28-22/h2-9,19H,10-18H2,1H3,(H,29,34). The highest BCUT2D eigenvalue weighted by Gasteiger charge is 2.32. The van der Waals surface area contributed by atoms with Gasteiger partial charge in [-0.05, 0) is 31.0 Å². The summed E-state index contributed by atoms with van der Waals surface area (Å²) in [6, 6.07) is 15.1. The summed E-state index contributed by atoms with van der Waals surface area (Å²) in [6.45, 7) is 4.00. The summed E-state index contributed by atoms with van der Waals surface area (Å²) in [5, 5.41) is 7.85. The lowest BCUT2D eigenvalue weighted by molar-refractivity contribution is -0.140. The predicted octanol–water partition coefficient (Wildman–Crippen LogP) is 2.06. The first-order valence-electron chi connectivity index (χ1n) is 12.5. The molecule has 2 aliphatic heterocycles. The molecule has 9 nitrogen and oxygen atoms in total. The van der Waals surface area contributed by atoms with Crippen molar-refractivity contribution >= 4 is 28.3 Å². The number of hydrogen-bond donors (Lipinski definition) is 1. The maximum atomic E-state index is 13.2. The number of nitrogens with zero attached hydrogens (tertiary/aromatic N) is 4. The fourth-order valence-electron chi connectivity index (χ4n) is 5.25. The van der Waals surface area contributed by atoms with Crippen molar-refractivity contribution in [2.45, 2.75) is 19.3 Å². The van der Waals surface area contributed by atoms with Crippen LogP contribution in [0.15, 0.2) is 53.3 Å². The van der Waals surface area contributed by atoms with Crippen molar-refractivity contribution in [1.29, 1.82) is 0 Å². The Balaban J connectivity index is 1.14. The van der Waals surface area contributed by atoms with Crippen LogP contribution in [-0.2, 0) is 16.0 Å². The highest BCUT2D eigenvalue weighted by molar-refractivity contribution is 5.88. The van der Waals surface area contributed by atoms with Gasteiger partial charge in [0.1, 0.15) is 5.75 Å². The zero-order valence-corrected chi connectivity index (χ0v) is 20.5. The van der Waals surface area contributed by atoms with Crippen molar-refractivity contribution < 1.29 is 14.3 Å². The minimum atomic E-state index is -0.259. The third kappa shape index (κ3) is 4.78. The van der Waals surface area contributed by atoms with E-state index < -0.39 is 0 Å². The molecule has 2 saturated heterocycles. The Bertz CT molecular complexity index is 1310. The molecule has 0 bridgehead atoms. The van der Waals surface area contributed by atoms with Crippen LogP contribution in [0.5, 0.6) is 5.75 Å². The van der Waals surface area contributed by atoms with Crippen LogP contribution in [0.25, 0.3) is 10.8 Å². The lowest BCUT2D eigenvalue weighted by atomic mass is 9.94. The largest absolute Gasteiger partial charge is 0.495 e. The number of likely N-dealkylation sites (tertiary alicyclic amines) is 1. The Hall–Kier alpha value is -3.88. The summed E-state index contributed by atoms with van der Waals surface area (Å²) < 4.78 is 5.49. The van der Waals surface area contributed by atoms with Crippen LogP contribution in [0.4, 0.5) is 5.69 Å². The number of para-hydroxylation sites is 2. The Kier molecular flexibility index (Phi) is 6.88. The van der Waals surface area contributed by atoms with Crippen molar-refractivity contribution in [2.24, 2.45) is 5.92 Å². The third-order valence-corrected chi connectivity index (χ3v) is 7.31. The Labute approximate surface area is 209 Å². The summed E-state index contributed by atoms with van der Waals surface area (Å²) in [5.41, 5.74) is 1.37. The molecule has 1 aromatic heterocycles. The van der Waals surface area contributed by atoms with Gasteiger partial charge < -0.3 is 19.4 Å². The van der Waals surface area contributed by atoms with Gasteiger partial charge in [0.05, 0.1) is 30.3 Å². The monoisotopic (exact) mass is 489 g/mol. The normalized spacial score (nSPS) is 16.9. The number of aromatic amines is 1. The lowest BCUT2D eigenvalue weighted by Crippen LogP contribution is -2.52. The van der Waals surface area contributed by atoms with Gasteiger partial charge in [-0.25, -0.2) is 5.10 Å². The fraction of sp³-hybridized carbons (Fsp3) is 0.407. The summed E-state index contributed by atoms with van der Waals surface area (Å²) in [5.74, 6) is 0.948. The van der Waals surface area contributed by atoms with Gasteiger partial charge in [-0.3, -0.25) is 14.4 Å². The van der Waals surface area contributed by atoms with Crippen molar-refractivity contribution in [3.05, 3.63) is 64.6 Å². The van der Waals surface area contributed by atoms with Gasteiger partial charge in [0.25, 0.3) is 5.56 Å². The smallest absolute Gasteiger partial charge is 0.272 e. The zero-order valence-electron chi connectivity index (χ0n) is 20.5. The Morgan fingerprint density at radius 3 is 2.31 bits per heavy atom. The van der Waals surface area contributed by atoms with Crippen LogP contribution in [0.1, 0.15) is 18.5 Å². The van der Waals surface area contributed by atoms with Gasteiger partial charge in [-0.1, -0.05) is 30.3 Å². The average Bonchev–Trinajstić information content (AvgIpc) is 2.94. The van der Waals surface area contributed by atoms with Gasteiger partial charge in [0.2, 0.25) is 11.8 Å². The zero-order chi connectivity index (χ0) is 25.1. The van der Waals surface area contributed by atoms with Crippen LogP contribution in [0.3, 0.4) is 0 Å². The topological polar surface area (TPSA) is 98.8 Å². The van der Waals surface area contributed by atoms with Gasteiger partial charge >= 0.3 is 0 Å². The molecular formula is C27H31N5O4. The molecular weight excluding hydrogens is 458 g/mol. The highest BCUT2D eigenvalue weighted by atomic mass is 16.5. The molecule has 9 heteroatoms. The number of fused-ring (bicyclic) bond motifs is 1. The van der Waals surface area contributed by atoms with Crippen LogP contribution >= 0.6 is 0 Å². The second-order valence-electron chi connectivity index (χ2n) is 9.36. The van der Waals surface area contributed by atoms with Crippen LogP contribution in [0.2, 0.25) is 0 Å². The number of nitrogens with one attached hydrogen (secondary N) is 1. The summed E-state index contributed by atoms with van der Waals surface area (Å²) in [7, 11) is 1.68. The van der Waals surface area contributed by atoms with E-state index in [-0.39, 0.29) is 29.7 Å². The van der Waals surface area contributed by atoms with Crippen LogP contribution in [0, 0.1) is 5.92 Å². The number of carbonyl (C=O) groups is 2. The first-order valence-corrected chi connectivity index (χ1v) is 12.5. The molecule has 188 valence electrons. The predicted molar refractivity (Wildman–Crippen MR) is 137 cm³/mol. The number of benzene rings is 2. The molecule has 0 radical (unpaired) electrons. The second kappa shape index (κ2) is 10.4. The van der Waals surface area contributed by atoms with E-state index in [2.05, 4.69) is 21.2 Å². The summed E-state index contributed by atoms with van der Waals surface area (Å²) in [6.07, 6.45) is 1.45. The van der Waals surface area contributed by atoms with Crippen molar-refractivity contribution in [1.82, 2.24) is 20.0 Å². The number of H-pyrrole nitrogens is 1. The number of piperidine rings is 1. The number of hydrogen-bond acceptors (Lipinski definition) is 6. The minimum absolute atomic E-state index is 0.0315. The minimum Gasteiger partial charge on any atom is -0.495 e. The number of anilines is 1. The third-order valence-electron chi connectivity index (χ3n) is 7.31. The van der Waals surface area contributed by atoms with E-state index >= 15 is 0 Å². The van der Waals surface area contributed by atoms with Crippen molar-refractivity contribution in [2.75, 3.05) is 51.3 Å². The quantitative estimate of drug-likeness (QED) is 0.589. The van der Waals surface area contributed by atoms with Crippen LogP contribution < -0.4 is 15.2 Å². The number of rotatable bonds is 5. The lowest BCUT2D eigenvalue weighted by Gasteiger charge is -2.39. The average molecular weight is 490 g/mol. The van der Waals surface area contributed by atoms with Gasteiger partial charge in [-0.15, -0.1) is 0 Å².